The SMILES string of the molecule is COc1cc(OC)c2c(c1)OC(=O)C[C@@H]2c1cccc(Br)c1. The Hall–Kier alpha value is -2.01. The van der Waals surface area contributed by atoms with Crippen LogP contribution in [0.15, 0.2) is 40.9 Å². The first-order valence-corrected chi connectivity index (χ1v) is 7.63. The number of halogens is 1. The number of carbonyl (C=O) groups is 1. The summed E-state index contributed by atoms with van der Waals surface area (Å²) in [5.41, 5.74) is 1.91. The molecule has 114 valence electrons. The topological polar surface area (TPSA) is 44.8 Å². The molecule has 22 heavy (non-hydrogen) atoms. The van der Waals surface area contributed by atoms with Crippen molar-refractivity contribution in [2.45, 2.75) is 12.3 Å². The first-order valence-electron chi connectivity index (χ1n) is 6.84. The highest BCUT2D eigenvalue weighted by Gasteiger charge is 2.32. The maximum Gasteiger partial charge on any atom is 0.312 e. The summed E-state index contributed by atoms with van der Waals surface area (Å²) in [7, 11) is 3.17. The fraction of sp³-hybridized carbons (Fsp3) is 0.235. The molecular weight excluding hydrogens is 348 g/mol. The van der Waals surface area contributed by atoms with Crippen molar-refractivity contribution in [2.24, 2.45) is 0 Å². The van der Waals surface area contributed by atoms with Crippen molar-refractivity contribution >= 4 is 21.9 Å². The van der Waals surface area contributed by atoms with Crippen molar-refractivity contribution in [1.29, 1.82) is 0 Å². The number of methoxy groups -OCH3 is 2. The number of fused-ring (bicyclic) bond motifs is 1. The summed E-state index contributed by atoms with van der Waals surface area (Å²) in [6.45, 7) is 0. The molecule has 1 aliphatic heterocycles. The molecule has 5 heteroatoms. The van der Waals surface area contributed by atoms with E-state index in [0.29, 0.717) is 17.2 Å². The highest BCUT2D eigenvalue weighted by molar-refractivity contribution is 9.10. The maximum atomic E-state index is 12.0. The minimum absolute atomic E-state index is 0.102. The molecule has 2 aromatic rings. The van der Waals surface area contributed by atoms with Crippen LogP contribution in [-0.4, -0.2) is 20.2 Å². The zero-order valence-electron chi connectivity index (χ0n) is 12.3. The summed E-state index contributed by atoms with van der Waals surface area (Å²) in [6.07, 6.45) is 0.284. The molecule has 0 aromatic heterocycles. The van der Waals surface area contributed by atoms with E-state index in [0.717, 1.165) is 15.6 Å². The van der Waals surface area contributed by atoms with Gasteiger partial charge in [-0.15, -0.1) is 0 Å². The highest BCUT2D eigenvalue weighted by Crippen LogP contribution is 2.46. The van der Waals surface area contributed by atoms with Crippen LogP contribution < -0.4 is 14.2 Å². The Bertz CT molecular complexity index is 727. The third-order valence-electron chi connectivity index (χ3n) is 3.73. The first kappa shape index (κ1) is 14.9. The van der Waals surface area contributed by atoms with Crippen molar-refractivity contribution in [1.82, 2.24) is 0 Å². The van der Waals surface area contributed by atoms with E-state index in [1.54, 1.807) is 20.3 Å². The van der Waals surface area contributed by atoms with E-state index in [1.165, 1.54) is 0 Å². The van der Waals surface area contributed by atoms with Gasteiger partial charge in [-0.05, 0) is 17.7 Å². The average Bonchev–Trinajstić information content (AvgIpc) is 2.52. The van der Waals surface area contributed by atoms with E-state index in [-0.39, 0.29) is 18.3 Å². The summed E-state index contributed by atoms with van der Waals surface area (Å²) in [4.78, 5) is 12.0. The Morgan fingerprint density at radius 1 is 1.18 bits per heavy atom. The van der Waals surface area contributed by atoms with Crippen LogP contribution >= 0.6 is 15.9 Å². The van der Waals surface area contributed by atoms with Gasteiger partial charge in [0.2, 0.25) is 0 Å². The molecule has 0 fully saturated rings. The Balaban J connectivity index is 2.18. The average molecular weight is 363 g/mol. The molecule has 0 aliphatic carbocycles. The number of esters is 1. The number of ether oxygens (including phenoxy) is 3. The normalized spacial score (nSPS) is 16.7. The lowest BCUT2D eigenvalue weighted by Crippen LogP contribution is -2.21. The summed E-state index contributed by atoms with van der Waals surface area (Å²) < 4.78 is 17.1. The Kier molecular flexibility index (Phi) is 4.07. The maximum absolute atomic E-state index is 12.0. The van der Waals surface area contributed by atoms with E-state index in [1.807, 2.05) is 30.3 Å². The van der Waals surface area contributed by atoms with Gasteiger partial charge in [-0.2, -0.15) is 0 Å². The van der Waals surface area contributed by atoms with Crippen LogP contribution in [0, 0.1) is 0 Å². The molecule has 1 atom stereocenters. The molecular formula is C17H15BrO4. The zero-order chi connectivity index (χ0) is 15.7. The highest BCUT2D eigenvalue weighted by atomic mass is 79.9. The van der Waals surface area contributed by atoms with Gasteiger partial charge in [0, 0.05) is 28.1 Å². The predicted molar refractivity (Wildman–Crippen MR) is 85.8 cm³/mol. The Labute approximate surface area is 137 Å². The van der Waals surface area contributed by atoms with E-state index < -0.39 is 0 Å². The minimum Gasteiger partial charge on any atom is -0.496 e. The molecule has 0 N–H and O–H groups in total. The van der Waals surface area contributed by atoms with Crippen molar-refractivity contribution in [3.05, 3.63) is 52.0 Å². The summed E-state index contributed by atoms with van der Waals surface area (Å²) in [6, 6.07) is 11.5. The molecule has 0 saturated carbocycles. The van der Waals surface area contributed by atoms with Crippen LogP contribution in [0.25, 0.3) is 0 Å². The minimum atomic E-state index is -0.257. The summed E-state index contributed by atoms with van der Waals surface area (Å²) in [5.74, 6) is 1.39. The summed E-state index contributed by atoms with van der Waals surface area (Å²) in [5, 5.41) is 0. The molecule has 0 unspecified atom stereocenters. The lowest BCUT2D eigenvalue weighted by Gasteiger charge is -2.27. The number of benzene rings is 2. The first-order chi connectivity index (χ1) is 10.6. The van der Waals surface area contributed by atoms with Gasteiger partial charge in [0.1, 0.15) is 17.2 Å². The quantitative estimate of drug-likeness (QED) is 0.613. The van der Waals surface area contributed by atoms with Crippen LogP contribution in [0.3, 0.4) is 0 Å². The lowest BCUT2D eigenvalue weighted by atomic mass is 9.85. The summed E-state index contributed by atoms with van der Waals surface area (Å²) >= 11 is 3.47. The van der Waals surface area contributed by atoms with E-state index in [9.17, 15) is 4.79 Å². The van der Waals surface area contributed by atoms with Gasteiger partial charge in [-0.3, -0.25) is 4.79 Å². The van der Waals surface area contributed by atoms with Gasteiger partial charge >= 0.3 is 5.97 Å². The number of rotatable bonds is 3. The molecule has 1 heterocycles. The lowest BCUT2D eigenvalue weighted by molar-refractivity contribution is -0.135. The van der Waals surface area contributed by atoms with Crippen LogP contribution in [0.1, 0.15) is 23.5 Å². The van der Waals surface area contributed by atoms with Crippen LogP contribution in [0.5, 0.6) is 17.2 Å². The molecule has 0 amide bonds. The third-order valence-corrected chi connectivity index (χ3v) is 4.22. The number of carbonyl (C=O) groups excluding carboxylic acids is 1. The van der Waals surface area contributed by atoms with Gasteiger partial charge < -0.3 is 14.2 Å². The van der Waals surface area contributed by atoms with Crippen molar-refractivity contribution in [2.75, 3.05) is 14.2 Å². The van der Waals surface area contributed by atoms with Crippen molar-refractivity contribution < 1.29 is 19.0 Å². The molecule has 1 aliphatic rings. The molecule has 4 nitrogen and oxygen atoms in total. The molecule has 3 rings (SSSR count). The van der Waals surface area contributed by atoms with Crippen LogP contribution in [-0.2, 0) is 4.79 Å². The number of hydrogen-bond acceptors (Lipinski definition) is 4. The van der Waals surface area contributed by atoms with E-state index >= 15 is 0 Å². The van der Waals surface area contributed by atoms with Gasteiger partial charge in [-0.25, -0.2) is 0 Å². The van der Waals surface area contributed by atoms with Gasteiger partial charge in [0.05, 0.1) is 20.6 Å². The standard InChI is InChI=1S/C17H15BrO4/c1-20-12-7-14(21-2)17-13(9-16(19)22-15(17)8-12)10-4-3-5-11(18)6-10/h3-8,13H,9H2,1-2H3/t13-/m1/s1. The number of hydrogen-bond donors (Lipinski definition) is 0. The van der Waals surface area contributed by atoms with E-state index in [2.05, 4.69) is 15.9 Å². The molecule has 0 spiro atoms. The molecule has 0 radical (unpaired) electrons. The second-order valence-electron chi connectivity index (χ2n) is 5.03. The van der Waals surface area contributed by atoms with Crippen molar-refractivity contribution in [3.8, 4) is 17.2 Å². The zero-order valence-corrected chi connectivity index (χ0v) is 13.8. The van der Waals surface area contributed by atoms with Crippen LogP contribution in [0.4, 0.5) is 0 Å². The smallest absolute Gasteiger partial charge is 0.312 e. The van der Waals surface area contributed by atoms with Gasteiger partial charge in [0.25, 0.3) is 0 Å². The Morgan fingerprint density at radius 3 is 2.68 bits per heavy atom. The molecule has 2 aromatic carbocycles. The second-order valence-corrected chi connectivity index (χ2v) is 5.94. The molecule has 0 saturated heterocycles. The fourth-order valence-corrected chi connectivity index (χ4v) is 3.15. The van der Waals surface area contributed by atoms with Crippen LogP contribution in [0.2, 0.25) is 0 Å². The second kappa shape index (κ2) is 6.01. The Morgan fingerprint density at radius 2 is 2.00 bits per heavy atom. The molecule has 0 bridgehead atoms. The van der Waals surface area contributed by atoms with Crippen molar-refractivity contribution in [3.63, 3.8) is 0 Å². The third kappa shape index (κ3) is 2.68. The van der Waals surface area contributed by atoms with Gasteiger partial charge in [0.15, 0.2) is 0 Å². The van der Waals surface area contributed by atoms with Gasteiger partial charge in [-0.1, -0.05) is 28.1 Å². The largest absolute Gasteiger partial charge is 0.496 e. The monoisotopic (exact) mass is 362 g/mol. The van der Waals surface area contributed by atoms with E-state index in [4.69, 9.17) is 14.2 Å². The fourth-order valence-electron chi connectivity index (χ4n) is 2.73. The predicted octanol–water partition coefficient (Wildman–Crippen LogP) is 3.91.